The average molecular weight is 329 g/mol. The summed E-state index contributed by atoms with van der Waals surface area (Å²) in [5.74, 6) is 0.742. The van der Waals surface area contributed by atoms with Crippen LogP contribution in [0.2, 0.25) is 0 Å². The van der Waals surface area contributed by atoms with Crippen LogP contribution in [0.4, 0.5) is 5.69 Å². The molecule has 0 radical (unpaired) electrons. The monoisotopic (exact) mass is 329 g/mol. The Balaban J connectivity index is 1.60. The van der Waals surface area contributed by atoms with Crippen LogP contribution in [0, 0.1) is 5.92 Å². The fourth-order valence-electron chi connectivity index (χ4n) is 3.72. The number of anilines is 1. The minimum atomic E-state index is -0.326. The standard InChI is InChI=1S/C19H27N3O2/c1-21(18(23)10-9-15-11-12-20-14-15)17-8-5-13-22(19(17)24)16-6-3-2-4-7-16/h2-4,6-7,15,17,20H,5,8-14H2,1H3. The third-order valence-electron chi connectivity index (χ3n) is 5.27. The highest BCUT2D eigenvalue weighted by molar-refractivity contribution is 5.99. The Hall–Kier alpha value is -1.88. The van der Waals surface area contributed by atoms with E-state index in [0.29, 0.717) is 12.3 Å². The van der Waals surface area contributed by atoms with Gasteiger partial charge in [0.05, 0.1) is 0 Å². The molecule has 2 unspecified atom stereocenters. The number of para-hydroxylation sites is 1. The lowest BCUT2D eigenvalue weighted by Crippen LogP contribution is -2.53. The summed E-state index contributed by atoms with van der Waals surface area (Å²) in [7, 11) is 1.78. The van der Waals surface area contributed by atoms with Crippen LogP contribution in [0.1, 0.15) is 32.1 Å². The van der Waals surface area contributed by atoms with E-state index >= 15 is 0 Å². The molecule has 24 heavy (non-hydrogen) atoms. The molecule has 0 aliphatic carbocycles. The zero-order valence-electron chi connectivity index (χ0n) is 14.4. The highest BCUT2D eigenvalue weighted by Crippen LogP contribution is 2.24. The topological polar surface area (TPSA) is 52.7 Å². The van der Waals surface area contributed by atoms with Crippen molar-refractivity contribution in [3.05, 3.63) is 30.3 Å². The molecule has 0 aromatic heterocycles. The van der Waals surface area contributed by atoms with Crippen molar-refractivity contribution in [3.63, 3.8) is 0 Å². The number of rotatable bonds is 5. The summed E-state index contributed by atoms with van der Waals surface area (Å²) < 4.78 is 0. The number of hydrogen-bond donors (Lipinski definition) is 1. The van der Waals surface area contributed by atoms with E-state index in [-0.39, 0.29) is 17.9 Å². The lowest BCUT2D eigenvalue weighted by molar-refractivity contribution is -0.139. The van der Waals surface area contributed by atoms with Gasteiger partial charge in [-0.25, -0.2) is 0 Å². The number of likely N-dealkylation sites (N-methyl/N-ethyl adjacent to an activating group) is 1. The molecule has 5 heteroatoms. The van der Waals surface area contributed by atoms with Crippen molar-refractivity contribution in [3.8, 4) is 0 Å². The number of nitrogens with zero attached hydrogens (tertiary/aromatic N) is 2. The van der Waals surface area contributed by atoms with Gasteiger partial charge in [0.2, 0.25) is 11.8 Å². The largest absolute Gasteiger partial charge is 0.334 e. The smallest absolute Gasteiger partial charge is 0.249 e. The maximum absolute atomic E-state index is 12.9. The molecule has 2 fully saturated rings. The van der Waals surface area contributed by atoms with Crippen LogP contribution in [0.25, 0.3) is 0 Å². The molecule has 2 heterocycles. The van der Waals surface area contributed by atoms with E-state index in [1.165, 1.54) is 0 Å². The van der Waals surface area contributed by atoms with Crippen LogP contribution < -0.4 is 10.2 Å². The van der Waals surface area contributed by atoms with Crippen molar-refractivity contribution < 1.29 is 9.59 Å². The van der Waals surface area contributed by atoms with Gasteiger partial charge >= 0.3 is 0 Å². The summed E-state index contributed by atoms with van der Waals surface area (Å²) in [6, 6.07) is 9.41. The lowest BCUT2D eigenvalue weighted by Gasteiger charge is -2.37. The Morgan fingerprint density at radius 3 is 2.79 bits per heavy atom. The summed E-state index contributed by atoms with van der Waals surface area (Å²) in [6.45, 7) is 2.80. The molecule has 3 rings (SSSR count). The molecule has 1 aromatic rings. The van der Waals surface area contributed by atoms with Crippen molar-refractivity contribution in [2.24, 2.45) is 5.92 Å². The quantitative estimate of drug-likeness (QED) is 0.899. The van der Waals surface area contributed by atoms with Crippen molar-refractivity contribution >= 4 is 17.5 Å². The van der Waals surface area contributed by atoms with Gasteiger partial charge in [0.15, 0.2) is 0 Å². The molecule has 1 aromatic carbocycles. The lowest BCUT2D eigenvalue weighted by atomic mass is 9.99. The van der Waals surface area contributed by atoms with E-state index in [4.69, 9.17) is 0 Å². The van der Waals surface area contributed by atoms with Gasteiger partial charge in [0.25, 0.3) is 0 Å². The number of hydrogen-bond acceptors (Lipinski definition) is 3. The molecule has 0 saturated carbocycles. The van der Waals surface area contributed by atoms with E-state index in [1.54, 1.807) is 11.9 Å². The highest BCUT2D eigenvalue weighted by atomic mass is 16.2. The van der Waals surface area contributed by atoms with E-state index in [9.17, 15) is 9.59 Å². The molecule has 2 saturated heterocycles. The Kier molecular flexibility index (Phi) is 5.51. The van der Waals surface area contributed by atoms with Crippen LogP contribution in [-0.2, 0) is 9.59 Å². The Morgan fingerprint density at radius 2 is 2.08 bits per heavy atom. The fraction of sp³-hybridized carbons (Fsp3) is 0.579. The van der Waals surface area contributed by atoms with Crippen molar-refractivity contribution in [2.45, 2.75) is 38.1 Å². The number of nitrogens with one attached hydrogen (secondary N) is 1. The summed E-state index contributed by atoms with van der Waals surface area (Å²) in [5.41, 5.74) is 0.921. The van der Waals surface area contributed by atoms with Crippen molar-refractivity contribution in [1.29, 1.82) is 0 Å². The number of amides is 2. The Morgan fingerprint density at radius 1 is 1.29 bits per heavy atom. The van der Waals surface area contributed by atoms with E-state index < -0.39 is 0 Å². The van der Waals surface area contributed by atoms with E-state index in [0.717, 1.165) is 51.0 Å². The molecular formula is C19H27N3O2. The van der Waals surface area contributed by atoms with Gasteiger partial charge in [-0.1, -0.05) is 18.2 Å². The van der Waals surface area contributed by atoms with E-state index in [2.05, 4.69) is 5.32 Å². The fourth-order valence-corrected chi connectivity index (χ4v) is 3.72. The van der Waals surface area contributed by atoms with Gasteiger partial charge in [0, 0.05) is 25.7 Å². The van der Waals surface area contributed by atoms with Gasteiger partial charge in [-0.2, -0.15) is 0 Å². The predicted octanol–water partition coefficient (Wildman–Crippen LogP) is 2.03. The van der Waals surface area contributed by atoms with Crippen molar-refractivity contribution in [2.75, 3.05) is 31.6 Å². The van der Waals surface area contributed by atoms with Gasteiger partial charge < -0.3 is 15.1 Å². The third kappa shape index (κ3) is 3.78. The van der Waals surface area contributed by atoms with Crippen LogP contribution in [0.15, 0.2) is 30.3 Å². The summed E-state index contributed by atoms with van der Waals surface area (Å²) >= 11 is 0. The average Bonchev–Trinajstić information content (AvgIpc) is 3.13. The maximum atomic E-state index is 12.9. The second-order valence-electron chi connectivity index (χ2n) is 6.89. The molecular weight excluding hydrogens is 302 g/mol. The molecule has 1 N–H and O–H groups in total. The van der Waals surface area contributed by atoms with E-state index in [1.807, 2.05) is 35.2 Å². The van der Waals surface area contributed by atoms with Crippen LogP contribution in [-0.4, -0.2) is 49.4 Å². The third-order valence-corrected chi connectivity index (χ3v) is 5.27. The van der Waals surface area contributed by atoms with Gasteiger partial charge in [-0.05, 0) is 56.8 Å². The molecule has 2 atom stereocenters. The molecule has 2 aliphatic rings. The first-order valence-electron chi connectivity index (χ1n) is 8.99. The number of piperidine rings is 1. The minimum Gasteiger partial charge on any atom is -0.334 e. The van der Waals surface area contributed by atoms with Gasteiger partial charge in [-0.3, -0.25) is 9.59 Å². The maximum Gasteiger partial charge on any atom is 0.249 e. The first-order chi connectivity index (χ1) is 11.7. The van der Waals surface area contributed by atoms with Crippen LogP contribution in [0.5, 0.6) is 0 Å². The number of carbonyl (C=O) groups is 2. The Labute approximate surface area is 144 Å². The minimum absolute atomic E-state index is 0.0471. The summed E-state index contributed by atoms with van der Waals surface area (Å²) in [6.07, 6.45) is 4.30. The Bertz CT molecular complexity index is 569. The molecule has 130 valence electrons. The predicted molar refractivity (Wildman–Crippen MR) is 94.8 cm³/mol. The second-order valence-corrected chi connectivity index (χ2v) is 6.89. The van der Waals surface area contributed by atoms with Gasteiger partial charge in [0.1, 0.15) is 6.04 Å². The molecule has 5 nitrogen and oxygen atoms in total. The first-order valence-corrected chi connectivity index (χ1v) is 8.99. The molecule has 2 aliphatic heterocycles. The zero-order chi connectivity index (χ0) is 16.9. The molecule has 0 spiro atoms. The molecule has 0 bridgehead atoms. The first kappa shape index (κ1) is 17.0. The highest BCUT2D eigenvalue weighted by Gasteiger charge is 2.34. The zero-order valence-corrected chi connectivity index (χ0v) is 14.4. The van der Waals surface area contributed by atoms with Crippen LogP contribution in [0.3, 0.4) is 0 Å². The SMILES string of the molecule is CN(C(=O)CCC1CCNC1)C1CCCN(c2ccccc2)C1=O. The van der Waals surface area contributed by atoms with Crippen LogP contribution >= 0.6 is 0 Å². The normalized spacial score (nSPS) is 24.2. The number of benzene rings is 1. The summed E-state index contributed by atoms with van der Waals surface area (Å²) in [4.78, 5) is 28.9. The second kappa shape index (κ2) is 7.79. The van der Waals surface area contributed by atoms with Gasteiger partial charge in [-0.15, -0.1) is 0 Å². The summed E-state index contributed by atoms with van der Waals surface area (Å²) in [5, 5.41) is 3.33. The number of carbonyl (C=O) groups excluding carboxylic acids is 2. The molecule has 2 amide bonds. The van der Waals surface area contributed by atoms with Crippen molar-refractivity contribution in [1.82, 2.24) is 10.2 Å².